The number of likely N-dealkylation sites (tertiary alicyclic amines) is 1. The predicted molar refractivity (Wildman–Crippen MR) is 310 cm³/mol. The van der Waals surface area contributed by atoms with E-state index in [2.05, 4.69) is 63.6 Å². The van der Waals surface area contributed by atoms with E-state index in [4.69, 9.17) is 57.2 Å². The van der Waals surface area contributed by atoms with Gasteiger partial charge in [0, 0.05) is 74.0 Å². The normalized spacial score (nSPS) is 19.7. The predicted octanol–water partition coefficient (Wildman–Crippen LogP) is 8.17. The fourth-order valence-electron chi connectivity index (χ4n) is 10.9. The van der Waals surface area contributed by atoms with E-state index in [1.54, 1.807) is 30.7 Å². The third-order valence-electron chi connectivity index (χ3n) is 14.8. The van der Waals surface area contributed by atoms with Gasteiger partial charge in [-0.15, -0.1) is 11.3 Å². The van der Waals surface area contributed by atoms with Crippen LogP contribution in [0.1, 0.15) is 80.8 Å². The highest BCUT2D eigenvalue weighted by atomic mass is 35.5. The largest absolute Gasteiger partial charge is 0.489 e. The van der Waals surface area contributed by atoms with Crippen molar-refractivity contribution >= 4 is 68.6 Å². The summed E-state index contributed by atoms with van der Waals surface area (Å²) in [5.41, 5.74) is 15.8. The minimum absolute atomic E-state index is 0.0112. The molecule has 5 aliphatic heterocycles. The number of H-pyrrole nitrogens is 1. The van der Waals surface area contributed by atoms with Crippen molar-refractivity contribution in [2.24, 2.45) is 11.6 Å². The average molecular weight is 1130 g/mol. The number of nitrogens with one attached hydrogen (secondary N) is 3. The van der Waals surface area contributed by atoms with E-state index in [-0.39, 0.29) is 60.4 Å². The van der Waals surface area contributed by atoms with Gasteiger partial charge in [-0.05, 0) is 73.9 Å². The van der Waals surface area contributed by atoms with Crippen LogP contribution in [0.25, 0.3) is 49.1 Å². The molecule has 0 spiro atoms. The Morgan fingerprint density at radius 2 is 1.84 bits per heavy atom. The molecule has 2 bridgehead atoms. The smallest absolute Gasteiger partial charge is 0.319 e. The number of benzene rings is 4. The van der Waals surface area contributed by atoms with Crippen LogP contribution in [0.3, 0.4) is 0 Å². The zero-order valence-electron chi connectivity index (χ0n) is 45.9. The number of hydrogen-bond acceptors (Lipinski definition) is 17. The number of carbonyl (C=O) groups excluding carboxylic acids is 2. The molecule has 3 aromatic heterocycles. The Kier molecular flexibility index (Phi) is 18.7. The first-order chi connectivity index (χ1) is 38.8. The summed E-state index contributed by atoms with van der Waals surface area (Å²) in [6.07, 6.45) is 8.60. The van der Waals surface area contributed by atoms with Gasteiger partial charge in [-0.3, -0.25) is 14.7 Å². The van der Waals surface area contributed by atoms with Gasteiger partial charge in [0.05, 0.1) is 63.2 Å². The Labute approximate surface area is 473 Å². The number of ether oxygens (including phenoxy) is 4. The van der Waals surface area contributed by atoms with E-state index in [0.717, 1.165) is 61.8 Å². The molecule has 0 aliphatic carbocycles. The molecular formula is C58H70ClFN12O7S. The van der Waals surface area contributed by atoms with Crippen LogP contribution in [0.5, 0.6) is 17.5 Å². The Morgan fingerprint density at radius 3 is 2.52 bits per heavy atom. The van der Waals surface area contributed by atoms with Crippen LogP contribution in [0.2, 0.25) is 5.02 Å². The number of thiazole rings is 1. The first kappa shape index (κ1) is 57.5. The van der Waals surface area contributed by atoms with Gasteiger partial charge in [-0.25, -0.2) is 15.2 Å². The number of aromatic nitrogens is 5. The second-order valence-corrected chi connectivity index (χ2v) is 21.6. The Hall–Kier alpha value is -7.14. The number of anilines is 1. The lowest BCUT2D eigenvalue weighted by Crippen LogP contribution is -2.53. The lowest BCUT2D eigenvalue weighted by molar-refractivity contribution is -0.132. The van der Waals surface area contributed by atoms with Crippen molar-refractivity contribution in [3.05, 3.63) is 111 Å². The molecule has 5 unspecified atom stereocenters. The third kappa shape index (κ3) is 12.1. The summed E-state index contributed by atoms with van der Waals surface area (Å²) >= 11 is 9.16. The number of aliphatic hydroxyl groups excluding tert-OH is 1. The summed E-state index contributed by atoms with van der Waals surface area (Å²) in [5, 5.41) is 23.3. The number of nitrogens with zero attached hydrogens (tertiary/aromatic N) is 7. The monoisotopic (exact) mass is 1130 g/mol. The van der Waals surface area contributed by atoms with Gasteiger partial charge in [-0.1, -0.05) is 80.4 Å². The number of aryl methyl sites for hydroxylation is 1. The van der Waals surface area contributed by atoms with Crippen LogP contribution >= 0.6 is 22.9 Å². The van der Waals surface area contributed by atoms with Gasteiger partial charge in [0.1, 0.15) is 43.0 Å². The Balaban J connectivity index is 0.000000312. The molecule has 19 nitrogen and oxygen atoms in total. The first-order valence-corrected chi connectivity index (χ1v) is 28.3. The summed E-state index contributed by atoms with van der Waals surface area (Å²) in [6.45, 7) is 13.6. The van der Waals surface area contributed by atoms with Crippen LogP contribution < -0.4 is 41.3 Å². The standard InChI is InChI=1S/C42H46ClFN10O5.C12H12N2OS.C3H8.CH4O/c1-21-4-3-10-53(21)33(55)17-52(46)16-29(45)24-7-5-23(6-8-24)18-57-40-35(34-22(2)28(44)13-30-27(34)15-48-51-30)37(43)39-36-38(40)49-42(59-26-9-11-56-19-26)50-41(36)54-25-12-31(47-14-25)32(54)20-58-39;1-9-12(16-8-14-9)11-4-2-10(3-5-11)6-13-7-15;1-3-2;1-2/h5-8,13,15-16,21,25-26,31-32,47H,3-4,9-12,14,17-20,45-46H2,1-2H3,(H,48,51);2-5,7-8H,6H2,1H3,(H,13,15);3H2,1-2H3;2H,1H3/b29-16-;;;. The second-order valence-electron chi connectivity index (χ2n) is 20.4. The van der Waals surface area contributed by atoms with Crippen molar-refractivity contribution < 1.29 is 38.0 Å². The number of rotatable bonds is 14. The molecule has 8 heterocycles. The van der Waals surface area contributed by atoms with Gasteiger partial charge in [0.2, 0.25) is 12.3 Å². The summed E-state index contributed by atoms with van der Waals surface area (Å²) in [6, 6.07) is 17.9. The fourth-order valence-corrected chi connectivity index (χ4v) is 12.1. The molecule has 4 aromatic carbocycles. The molecule has 7 aromatic rings. The molecule has 5 atom stereocenters. The highest BCUT2D eigenvalue weighted by molar-refractivity contribution is 7.13. The molecule has 424 valence electrons. The number of amides is 2. The van der Waals surface area contributed by atoms with E-state index < -0.39 is 5.82 Å². The van der Waals surface area contributed by atoms with Crippen molar-refractivity contribution in [2.75, 3.05) is 51.5 Å². The number of piperazine rings is 1. The number of hydrogen-bond donors (Lipinski definition) is 6. The van der Waals surface area contributed by atoms with Gasteiger partial charge in [-0.2, -0.15) is 15.1 Å². The van der Waals surface area contributed by atoms with E-state index >= 15 is 4.39 Å². The summed E-state index contributed by atoms with van der Waals surface area (Å²) in [5.74, 6) is 7.14. The zero-order valence-corrected chi connectivity index (χ0v) is 47.5. The van der Waals surface area contributed by atoms with Gasteiger partial charge in [0.25, 0.3) is 0 Å². The highest BCUT2D eigenvalue weighted by Gasteiger charge is 2.49. The first-order valence-electron chi connectivity index (χ1n) is 27.1. The molecule has 22 heteroatoms. The van der Waals surface area contributed by atoms with Crippen molar-refractivity contribution in [3.8, 4) is 39.1 Å². The number of hydrazine groups is 1. The minimum Gasteiger partial charge on any atom is -0.489 e. The number of aromatic amines is 1. The number of fused-ring (bicyclic) bond motifs is 7. The Morgan fingerprint density at radius 1 is 1.07 bits per heavy atom. The van der Waals surface area contributed by atoms with Gasteiger partial charge in [0.15, 0.2) is 11.5 Å². The maximum Gasteiger partial charge on any atom is 0.319 e. The molecule has 4 saturated heterocycles. The number of nitrogens with two attached hydrogens (primary N) is 2. The summed E-state index contributed by atoms with van der Waals surface area (Å²) in [7, 11) is 1.00. The third-order valence-corrected chi connectivity index (χ3v) is 16.2. The second kappa shape index (κ2) is 26.0. The number of halogens is 2. The fraction of sp³-hybridized carbons (Fsp3) is 0.414. The molecule has 12 rings (SSSR count). The van der Waals surface area contributed by atoms with Crippen LogP contribution in [0.4, 0.5) is 10.2 Å². The topological polar surface area (TPSA) is 244 Å². The molecule has 0 saturated carbocycles. The highest BCUT2D eigenvalue weighted by Crippen LogP contribution is 2.55. The SMILES string of the molecule is CCC.CO.Cc1c(F)cc2[nH]ncc2c1-c1c(Cl)c2c3c(nc(OC4CCOC4)nc3c1OCc1ccc(/C(N)=C/N(N)CC(=O)N3CCCC3C)cc1)N1C3CNC(C3)C1CO2.Cc1ncsc1-c1ccc(CNC=O)cc1. The molecule has 4 fully saturated rings. The van der Waals surface area contributed by atoms with Gasteiger partial charge >= 0.3 is 6.01 Å². The molecule has 80 heavy (non-hydrogen) atoms. The molecule has 5 aliphatic rings. The maximum absolute atomic E-state index is 15.8. The van der Waals surface area contributed by atoms with Crippen LogP contribution in [-0.4, -0.2) is 129 Å². The lowest BCUT2D eigenvalue weighted by Gasteiger charge is -2.35. The van der Waals surface area contributed by atoms with Crippen LogP contribution in [0.15, 0.2) is 72.5 Å². The van der Waals surface area contributed by atoms with Gasteiger partial charge < -0.3 is 55.2 Å². The van der Waals surface area contributed by atoms with E-state index in [1.165, 1.54) is 27.9 Å². The summed E-state index contributed by atoms with van der Waals surface area (Å²) < 4.78 is 41.4. The van der Waals surface area contributed by atoms with Crippen LogP contribution in [-0.2, 0) is 27.5 Å². The van der Waals surface area contributed by atoms with Crippen LogP contribution in [0, 0.1) is 19.7 Å². The number of aliphatic hydroxyl groups is 1. The quantitative estimate of drug-likeness (QED) is 0.0342. The maximum atomic E-state index is 15.8. The average Bonchev–Trinajstić information content (AvgIpc) is 4.45. The zero-order chi connectivity index (χ0) is 56.6. The minimum atomic E-state index is -0.435. The molecular weight excluding hydrogens is 1060 g/mol. The summed E-state index contributed by atoms with van der Waals surface area (Å²) in [4.78, 5) is 42.7. The van der Waals surface area contributed by atoms with E-state index in [9.17, 15) is 9.59 Å². The number of carbonyl (C=O) groups is 2. The Bertz CT molecular complexity index is 3320. The molecule has 8 N–H and O–H groups in total. The van der Waals surface area contributed by atoms with E-state index in [0.29, 0.717) is 101 Å². The van der Waals surface area contributed by atoms with Crippen molar-refractivity contribution in [3.63, 3.8) is 0 Å². The van der Waals surface area contributed by atoms with Crippen molar-refractivity contribution in [1.29, 1.82) is 0 Å². The lowest BCUT2D eigenvalue weighted by atomic mass is 9.93. The molecule has 0 radical (unpaired) electrons. The van der Waals surface area contributed by atoms with Crippen molar-refractivity contribution in [1.82, 2.24) is 45.7 Å². The van der Waals surface area contributed by atoms with E-state index in [1.807, 2.05) is 53.7 Å². The molecule has 2 amide bonds. The van der Waals surface area contributed by atoms with Crippen molar-refractivity contribution in [2.45, 2.75) is 110 Å².